The van der Waals surface area contributed by atoms with Gasteiger partial charge < -0.3 is 55.4 Å². The van der Waals surface area contributed by atoms with Crippen LogP contribution in [0.25, 0.3) is 0 Å². The van der Waals surface area contributed by atoms with E-state index < -0.39 is 74.9 Å². The van der Waals surface area contributed by atoms with Gasteiger partial charge in [-0.2, -0.15) is 0 Å². The fraction of sp³-hybridized carbons (Fsp3) is 1.00. The highest BCUT2D eigenvalue weighted by Gasteiger charge is 2.44. The van der Waals surface area contributed by atoms with Gasteiger partial charge in [0.25, 0.3) is 0 Å². The average molecular weight is 344 g/mol. The summed E-state index contributed by atoms with van der Waals surface area (Å²) in [6, 6.07) is 0. The van der Waals surface area contributed by atoms with E-state index in [1.54, 1.807) is 0 Å². The monoisotopic (exact) mass is 344 g/mol. The molecule has 1 heterocycles. The van der Waals surface area contributed by atoms with Crippen molar-refractivity contribution in [2.75, 3.05) is 19.8 Å². The van der Waals surface area contributed by atoms with Crippen LogP contribution in [0.15, 0.2) is 0 Å². The van der Waals surface area contributed by atoms with E-state index in [-0.39, 0.29) is 0 Å². The summed E-state index contributed by atoms with van der Waals surface area (Å²) < 4.78 is 9.99. The molecule has 0 aromatic rings. The number of rotatable bonds is 8. The molecular weight excluding hydrogens is 320 g/mol. The molecule has 11 nitrogen and oxygen atoms in total. The molecule has 0 radical (unpaired) electrons. The molecule has 1 aliphatic heterocycles. The van der Waals surface area contributed by atoms with Crippen LogP contribution in [0.1, 0.15) is 0 Å². The lowest BCUT2D eigenvalue weighted by atomic mass is 9.99. The van der Waals surface area contributed by atoms with Crippen molar-refractivity contribution < 1.29 is 55.4 Å². The van der Waals surface area contributed by atoms with Gasteiger partial charge in [-0.25, -0.2) is 0 Å². The molecule has 1 fully saturated rings. The van der Waals surface area contributed by atoms with E-state index >= 15 is 0 Å². The summed E-state index contributed by atoms with van der Waals surface area (Å²) in [6.07, 6.45) is -14.7. The fourth-order valence-electron chi connectivity index (χ4n) is 2.06. The lowest BCUT2D eigenvalue weighted by Crippen LogP contribution is -2.59. The van der Waals surface area contributed by atoms with Crippen molar-refractivity contribution in [3.8, 4) is 0 Å². The van der Waals surface area contributed by atoms with Crippen molar-refractivity contribution in [1.82, 2.24) is 0 Å². The number of hydrogen-bond acceptors (Lipinski definition) is 11. The quantitative estimate of drug-likeness (QED) is 0.203. The first-order chi connectivity index (χ1) is 10.7. The maximum atomic E-state index is 9.70. The van der Waals surface area contributed by atoms with Crippen LogP contribution in [0.3, 0.4) is 0 Å². The van der Waals surface area contributed by atoms with E-state index in [1.165, 1.54) is 0 Å². The van der Waals surface area contributed by atoms with Gasteiger partial charge in [0.2, 0.25) is 0 Å². The smallest absolute Gasteiger partial charge is 0.186 e. The Bertz CT molecular complexity index is 341. The van der Waals surface area contributed by atoms with Gasteiger partial charge in [0, 0.05) is 0 Å². The first kappa shape index (κ1) is 20.6. The highest BCUT2D eigenvalue weighted by atomic mass is 16.7. The third-order valence-electron chi connectivity index (χ3n) is 3.61. The predicted octanol–water partition coefficient (Wildman–Crippen LogP) is -5.76. The standard InChI is InChI=1S/C12H24O11/c13-1-4(15)7(17)8(18)5(16)3-22-12-11(21)10(20)9(19)6(2-14)23-12/h4-21H,1-3H2/t4-,5-,6?,7-,8-,9-,10-,11?,12+/m1/s1. The minimum atomic E-state index is -1.86. The van der Waals surface area contributed by atoms with E-state index in [1.807, 2.05) is 0 Å². The Kier molecular flexibility index (Phi) is 8.20. The van der Waals surface area contributed by atoms with Crippen molar-refractivity contribution in [2.24, 2.45) is 0 Å². The Balaban J connectivity index is 2.55. The summed E-state index contributed by atoms with van der Waals surface area (Å²) >= 11 is 0. The van der Waals surface area contributed by atoms with E-state index in [9.17, 15) is 35.7 Å². The van der Waals surface area contributed by atoms with Crippen LogP contribution >= 0.6 is 0 Å². The molecule has 1 rings (SSSR count). The van der Waals surface area contributed by atoms with Gasteiger partial charge in [-0.15, -0.1) is 0 Å². The third-order valence-corrected chi connectivity index (χ3v) is 3.61. The average Bonchev–Trinajstić information content (AvgIpc) is 2.56. The molecule has 138 valence electrons. The lowest BCUT2D eigenvalue weighted by Gasteiger charge is -2.40. The summed E-state index contributed by atoms with van der Waals surface area (Å²) in [7, 11) is 0. The summed E-state index contributed by atoms with van der Waals surface area (Å²) in [5, 5.41) is 84.4. The van der Waals surface area contributed by atoms with Crippen LogP contribution < -0.4 is 0 Å². The zero-order valence-corrected chi connectivity index (χ0v) is 12.2. The molecule has 9 N–H and O–H groups in total. The van der Waals surface area contributed by atoms with Crippen molar-refractivity contribution >= 4 is 0 Å². The highest BCUT2D eigenvalue weighted by Crippen LogP contribution is 2.22. The Labute approximate surface area is 131 Å². The van der Waals surface area contributed by atoms with Crippen LogP contribution in [0, 0.1) is 0 Å². The van der Waals surface area contributed by atoms with Crippen LogP contribution in [-0.4, -0.2) is 121 Å². The predicted molar refractivity (Wildman–Crippen MR) is 70.8 cm³/mol. The molecular formula is C12H24O11. The normalized spacial score (nSPS) is 37.2. The van der Waals surface area contributed by atoms with E-state index in [0.29, 0.717) is 0 Å². The van der Waals surface area contributed by atoms with Crippen molar-refractivity contribution in [3.63, 3.8) is 0 Å². The topological polar surface area (TPSA) is 201 Å². The molecule has 0 saturated carbocycles. The molecule has 0 aromatic heterocycles. The summed E-state index contributed by atoms with van der Waals surface area (Å²) in [5.74, 6) is 0. The zero-order valence-electron chi connectivity index (χ0n) is 12.2. The van der Waals surface area contributed by atoms with E-state index in [2.05, 4.69) is 0 Å². The first-order valence-electron chi connectivity index (χ1n) is 6.99. The molecule has 11 heteroatoms. The summed E-state index contributed by atoms with van der Waals surface area (Å²) in [5.41, 5.74) is 0. The van der Waals surface area contributed by atoms with Crippen LogP contribution in [-0.2, 0) is 9.47 Å². The number of ether oxygens (including phenoxy) is 2. The summed E-state index contributed by atoms with van der Waals surface area (Å²) in [4.78, 5) is 0. The minimum Gasteiger partial charge on any atom is -0.394 e. The largest absolute Gasteiger partial charge is 0.394 e. The maximum absolute atomic E-state index is 9.70. The van der Waals surface area contributed by atoms with Gasteiger partial charge in [0.05, 0.1) is 19.8 Å². The Hall–Kier alpha value is -0.440. The van der Waals surface area contributed by atoms with Crippen molar-refractivity contribution in [3.05, 3.63) is 0 Å². The molecule has 9 atom stereocenters. The van der Waals surface area contributed by atoms with Crippen molar-refractivity contribution in [2.45, 2.75) is 55.1 Å². The van der Waals surface area contributed by atoms with E-state index in [0.717, 1.165) is 0 Å². The van der Waals surface area contributed by atoms with Crippen molar-refractivity contribution in [1.29, 1.82) is 0 Å². The maximum Gasteiger partial charge on any atom is 0.186 e. The molecule has 0 amide bonds. The number of aliphatic hydroxyl groups is 9. The molecule has 0 aromatic carbocycles. The van der Waals surface area contributed by atoms with Crippen LogP contribution in [0.5, 0.6) is 0 Å². The molecule has 0 spiro atoms. The second kappa shape index (κ2) is 9.15. The zero-order chi connectivity index (χ0) is 17.7. The number of hydrogen-bond donors (Lipinski definition) is 9. The Morgan fingerprint density at radius 2 is 1.39 bits per heavy atom. The first-order valence-corrected chi connectivity index (χ1v) is 6.99. The van der Waals surface area contributed by atoms with Gasteiger partial charge in [0.1, 0.15) is 48.8 Å². The number of aliphatic hydroxyl groups excluding tert-OH is 9. The Morgan fingerprint density at radius 1 is 0.826 bits per heavy atom. The second-order valence-corrected chi connectivity index (χ2v) is 5.33. The van der Waals surface area contributed by atoms with Gasteiger partial charge in [-0.1, -0.05) is 0 Å². The van der Waals surface area contributed by atoms with Gasteiger partial charge in [0.15, 0.2) is 6.29 Å². The Morgan fingerprint density at radius 3 is 1.91 bits per heavy atom. The van der Waals surface area contributed by atoms with Crippen LogP contribution in [0.4, 0.5) is 0 Å². The molecule has 23 heavy (non-hydrogen) atoms. The fourth-order valence-corrected chi connectivity index (χ4v) is 2.06. The SMILES string of the molecule is OCC1O[C@H](OC[C@@H](O)[C@@H](O)[C@H](O)[C@H](O)CO)C(O)[C@H](O)[C@@H]1O. The molecule has 1 saturated heterocycles. The summed E-state index contributed by atoms with van der Waals surface area (Å²) in [6.45, 7) is -2.16. The molecule has 0 aliphatic carbocycles. The minimum absolute atomic E-state index is 0.655. The second-order valence-electron chi connectivity index (χ2n) is 5.33. The molecule has 0 bridgehead atoms. The third kappa shape index (κ3) is 5.01. The molecule has 1 aliphatic rings. The van der Waals surface area contributed by atoms with Gasteiger partial charge in [-0.05, 0) is 0 Å². The van der Waals surface area contributed by atoms with E-state index in [4.69, 9.17) is 19.7 Å². The molecule has 2 unspecified atom stereocenters. The van der Waals surface area contributed by atoms with Gasteiger partial charge >= 0.3 is 0 Å². The lowest BCUT2D eigenvalue weighted by molar-refractivity contribution is -0.306. The van der Waals surface area contributed by atoms with Crippen LogP contribution in [0.2, 0.25) is 0 Å². The van der Waals surface area contributed by atoms with Gasteiger partial charge in [-0.3, -0.25) is 0 Å². The highest BCUT2D eigenvalue weighted by molar-refractivity contribution is 4.89.